The van der Waals surface area contributed by atoms with Gasteiger partial charge in [0, 0.05) is 37.7 Å². The summed E-state index contributed by atoms with van der Waals surface area (Å²) in [5, 5.41) is 11.8. The van der Waals surface area contributed by atoms with Crippen LogP contribution in [0.1, 0.15) is 23.1 Å². The Balaban J connectivity index is 1.71. The van der Waals surface area contributed by atoms with E-state index in [9.17, 15) is 18.0 Å². The molecule has 3 aromatic rings. The number of halogens is 3. The van der Waals surface area contributed by atoms with Crippen LogP contribution >= 0.6 is 0 Å². The summed E-state index contributed by atoms with van der Waals surface area (Å²) in [5.74, 6) is 0. The highest BCUT2D eigenvalue weighted by molar-refractivity contribution is 5.89. The molecule has 0 atom stereocenters. The Kier molecular flexibility index (Phi) is 6.92. The second-order valence-corrected chi connectivity index (χ2v) is 6.89. The lowest BCUT2D eigenvalue weighted by Crippen LogP contribution is -2.35. The van der Waals surface area contributed by atoms with Crippen LogP contribution in [0.2, 0.25) is 0 Å². The summed E-state index contributed by atoms with van der Waals surface area (Å²) in [7, 11) is 0. The van der Waals surface area contributed by atoms with E-state index in [1.165, 1.54) is 17.0 Å². The smallest absolute Gasteiger partial charge is 0.337 e. The van der Waals surface area contributed by atoms with E-state index in [1.807, 2.05) is 16.8 Å². The monoisotopic (exact) mass is 427 g/mol. The zero-order valence-corrected chi connectivity index (χ0v) is 16.5. The van der Waals surface area contributed by atoms with E-state index in [2.05, 4.69) is 10.3 Å². The second kappa shape index (κ2) is 9.80. The molecule has 1 N–H and O–H groups in total. The number of hydrogen-bond donors (Lipinski definition) is 1. The van der Waals surface area contributed by atoms with Crippen molar-refractivity contribution >= 4 is 11.7 Å². The van der Waals surface area contributed by atoms with Crippen LogP contribution in [-0.2, 0) is 19.3 Å². The first-order chi connectivity index (χ1) is 14.8. The van der Waals surface area contributed by atoms with Gasteiger partial charge in [0.1, 0.15) is 0 Å². The average molecular weight is 427 g/mol. The Bertz CT molecular complexity index is 1040. The maximum Gasteiger partial charge on any atom is 0.416 e. The van der Waals surface area contributed by atoms with Gasteiger partial charge in [-0.1, -0.05) is 18.2 Å². The number of hydrogen-bond acceptors (Lipinski definition) is 3. The van der Waals surface area contributed by atoms with Gasteiger partial charge in [-0.15, -0.1) is 0 Å². The topological polar surface area (TPSA) is 74.0 Å². The number of carbonyl (C=O) groups excluding carboxylic acids is 1. The third-order valence-corrected chi connectivity index (χ3v) is 4.59. The fourth-order valence-corrected chi connectivity index (χ4v) is 3.00. The molecule has 160 valence electrons. The summed E-state index contributed by atoms with van der Waals surface area (Å²) in [6.07, 6.45) is 1.37. The molecule has 3 rings (SSSR count). The summed E-state index contributed by atoms with van der Waals surface area (Å²) in [6, 6.07) is 12.9. The number of amides is 2. The van der Waals surface area contributed by atoms with Crippen molar-refractivity contribution in [3.05, 3.63) is 83.9 Å². The Morgan fingerprint density at radius 1 is 1.19 bits per heavy atom. The van der Waals surface area contributed by atoms with Crippen LogP contribution in [-0.4, -0.2) is 27.0 Å². The molecule has 0 saturated heterocycles. The minimum Gasteiger partial charge on any atom is -0.337 e. The molecule has 1 aromatic heterocycles. The van der Waals surface area contributed by atoms with Crippen molar-refractivity contribution in [2.75, 3.05) is 11.9 Å². The molecule has 0 aliphatic heterocycles. The molecule has 2 amide bonds. The van der Waals surface area contributed by atoms with Crippen molar-refractivity contribution < 1.29 is 18.0 Å². The highest BCUT2D eigenvalue weighted by Gasteiger charge is 2.30. The lowest BCUT2D eigenvalue weighted by atomic mass is 10.1. The van der Waals surface area contributed by atoms with Crippen LogP contribution in [0.15, 0.2) is 67.3 Å². The van der Waals surface area contributed by atoms with Gasteiger partial charge >= 0.3 is 12.2 Å². The summed E-state index contributed by atoms with van der Waals surface area (Å²) >= 11 is 0. The van der Waals surface area contributed by atoms with Gasteiger partial charge in [-0.25, -0.2) is 9.78 Å². The van der Waals surface area contributed by atoms with E-state index < -0.39 is 17.8 Å². The number of carbonyl (C=O) groups is 1. The Morgan fingerprint density at radius 3 is 2.61 bits per heavy atom. The number of anilines is 1. The molecule has 31 heavy (non-hydrogen) atoms. The van der Waals surface area contributed by atoms with Crippen LogP contribution in [0.25, 0.3) is 0 Å². The minimum absolute atomic E-state index is 0.145. The number of nitrogens with one attached hydrogen (secondary N) is 1. The molecular formula is C22H20F3N5O. The number of nitrogens with zero attached hydrogens (tertiary/aromatic N) is 4. The van der Waals surface area contributed by atoms with E-state index in [4.69, 9.17) is 5.26 Å². The van der Waals surface area contributed by atoms with Crippen LogP contribution in [0.3, 0.4) is 0 Å². The predicted molar refractivity (Wildman–Crippen MR) is 109 cm³/mol. The number of imidazole rings is 1. The molecule has 6 nitrogen and oxygen atoms in total. The molecule has 0 saturated carbocycles. The van der Waals surface area contributed by atoms with E-state index >= 15 is 0 Å². The lowest BCUT2D eigenvalue weighted by Gasteiger charge is -2.24. The summed E-state index contributed by atoms with van der Waals surface area (Å²) < 4.78 is 40.3. The van der Waals surface area contributed by atoms with Gasteiger partial charge < -0.3 is 14.8 Å². The molecule has 0 unspecified atom stereocenters. The first-order valence-corrected chi connectivity index (χ1v) is 9.53. The van der Waals surface area contributed by atoms with E-state index in [-0.39, 0.29) is 6.54 Å². The van der Waals surface area contributed by atoms with Gasteiger partial charge in [-0.05, 0) is 42.3 Å². The molecule has 9 heteroatoms. The van der Waals surface area contributed by atoms with E-state index in [0.717, 1.165) is 12.1 Å². The number of alkyl halides is 3. The van der Waals surface area contributed by atoms with Gasteiger partial charge in [-0.2, -0.15) is 18.4 Å². The van der Waals surface area contributed by atoms with Crippen molar-refractivity contribution in [2.24, 2.45) is 0 Å². The first-order valence-electron chi connectivity index (χ1n) is 9.53. The summed E-state index contributed by atoms with van der Waals surface area (Å²) in [6.45, 7) is 1.16. The SMILES string of the molecule is N#Cc1cccc(NC(=O)N(CCCn2ccnc2)Cc2ccc(C(F)(F)F)cc2)c1. The fourth-order valence-electron chi connectivity index (χ4n) is 3.00. The van der Waals surface area contributed by atoms with Crippen LogP contribution in [0.5, 0.6) is 0 Å². The van der Waals surface area contributed by atoms with E-state index in [0.29, 0.717) is 36.3 Å². The second-order valence-electron chi connectivity index (χ2n) is 6.89. The van der Waals surface area contributed by atoms with Crippen LogP contribution in [0.4, 0.5) is 23.7 Å². The molecule has 0 bridgehead atoms. The molecular weight excluding hydrogens is 407 g/mol. The Morgan fingerprint density at radius 2 is 1.97 bits per heavy atom. The molecule has 0 fully saturated rings. The third kappa shape index (κ3) is 6.34. The Hall–Kier alpha value is -3.80. The van der Waals surface area contributed by atoms with Gasteiger partial charge in [0.15, 0.2) is 0 Å². The lowest BCUT2D eigenvalue weighted by molar-refractivity contribution is -0.137. The predicted octanol–water partition coefficient (Wildman–Crippen LogP) is 4.90. The number of urea groups is 1. The number of benzene rings is 2. The summed E-state index contributed by atoms with van der Waals surface area (Å²) in [5.41, 5.74) is 0.723. The Labute approximate surface area is 177 Å². The third-order valence-electron chi connectivity index (χ3n) is 4.59. The normalized spacial score (nSPS) is 11.0. The van der Waals surface area contributed by atoms with E-state index in [1.54, 1.807) is 36.8 Å². The largest absolute Gasteiger partial charge is 0.416 e. The molecule has 0 aliphatic rings. The minimum atomic E-state index is -4.41. The van der Waals surface area contributed by atoms with Crippen LogP contribution in [0, 0.1) is 11.3 Å². The van der Waals surface area contributed by atoms with Crippen LogP contribution < -0.4 is 5.32 Å². The quantitative estimate of drug-likeness (QED) is 0.583. The molecule has 2 aromatic carbocycles. The number of nitriles is 1. The number of rotatable bonds is 7. The van der Waals surface area contributed by atoms with Crippen molar-refractivity contribution in [1.82, 2.24) is 14.5 Å². The molecule has 0 spiro atoms. The highest BCUT2D eigenvalue weighted by Crippen LogP contribution is 2.29. The van der Waals surface area contributed by atoms with Gasteiger partial charge in [0.2, 0.25) is 0 Å². The number of aromatic nitrogens is 2. The zero-order chi connectivity index (χ0) is 22.3. The zero-order valence-electron chi connectivity index (χ0n) is 16.5. The van der Waals surface area contributed by atoms with Crippen molar-refractivity contribution in [2.45, 2.75) is 25.7 Å². The van der Waals surface area contributed by atoms with Gasteiger partial charge in [-0.3, -0.25) is 0 Å². The highest BCUT2D eigenvalue weighted by atomic mass is 19.4. The van der Waals surface area contributed by atoms with Crippen molar-refractivity contribution in [1.29, 1.82) is 5.26 Å². The fraction of sp³-hybridized carbons (Fsp3) is 0.227. The van der Waals surface area contributed by atoms with Crippen molar-refractivity contribution in [3.8, 4) is 6.07 Å². The average Bonchev–Trinajstić information content (AvgIpc) is 3.26. The van der Waals surface area contributed by atoms with Crippen molar-refractivity contribution in [3.63, 3.8) is 0 Å². The summed E-state index contributed by atoms with van der Waals surface area (Å²) in [4.78, 5) is 18.4. The van der Waals surface area contributed by atoms with Gasteiger partial charge in [0.25, 0.3) is 0 Å². The molecule has 1 heterocycles. The maximum absolute atomic E-state index is 12.9. The molecule has 0 radical (unpaired) electrons. The number of aryl methyl sites for hydroxylation is 1. The molecule has 0 aliphatic carbocycles. The maximum atomic E-state index is 12.9. The standard InChI is InChI=1S/C22H20F3N5O/c23-22(24,25)19-7-5-17(6-8-19)15-30(11-2-10-29-12-9-27-16-29)21(31)28-20-4-1-3-18(13-20)14-26/h1,3-9,12-13,16H,2,10-11,15H2,(H,28,31). The first kappa shape index (κ1) is 21.9. The van der Waals surface area contributed by atoms with Gasteiger partial charge in [0.05, 0.1) is 23.5 Å².